The van der Waals surface area contributed by atoms with Crippen molar-refractivity contribution in [2.75, 3.05) is 26.7 Å². The molecule has 2 aromatic rings. The van der Waals surface area contributed by atoms with Crippen molar-refractivity contribution in [2.24, 2.45) is 0 Å². The van der Waals surface area contributed by atoms with Gasteiger partial charge in [-0.05, 0) is 51.5 Å². The number of hydrogen-bond acceptors (Lipinski definition) is 4. The molecule has 0 bridgehead atoms. The molecule has 0 N–H and O–H groups in total. The first-order valence-corrected chi connectivity index (χ1v) is 9.92. The van der Waals surface area contributed by atoms with Gasteiger partial charge in [0.25, 0.3) is 5.91 Å². The van der Waals surface area contributed by atoms with Crippen LogP contribution in [-0.4, -0.2) is 53.3 Å². The molecule has 0 saturated carbocycles. The lowest BCUT2D eigenvalue weighted by molar-refractivity contribution is -0.131. The molecule has 1 aromatic heterocycles. The van der Waals surface area contributed by atoms with Gasteiger partial charge in [0.2, 0.25) is 5.91 Å². The molecule has 0 atom stereocenters. The highest BCUT2D eigenvalue weighted by molar-refractivity contribution is 7.99. The van der Waals surface area contributed by atoms with Gasteiger partial charge < -0.3 is 9.80 Å². The van der Waals surface area contributed by atoms with Crippen LogP contribution in [0.2, 0.25) is 0 Å². The number of benzene rings is 1. The number of aryl methyl sites for hydroxylation is 2. The smallest absolute Gasteiger partial charge is 0.256 e. The normalized spacial score (nSPS) is 10.6. The van der Waals surface area contributed by atoms with Crippen molar-refractivity contribution in [1.29, 1.82) is 0 Å². The van der Waals surface area contributed by atoms with Crippen LogP contribution < -0.4 is 0 Å². The number of pyridine rings is 1. The molecular weight excluding hydrogens is 358 g/mol. The Kier molecular flexibility index (Phi) is 7.42. The van der Waals surface area contributed by atoms with Crippen LogP contribution in [0.1, 0.15) is 35.3 Å². The molecule has 0 unspecified atom stereocenters. The summed E-state index contributed by atoms with van der Waals surface area (Å²) in [4.78, 5) is 33.9. The average Bonchev–Trinajstić information content (AvgIpc) is 2.64. The predicted molar refractivity (Wildman–Crippen MR) is 109 cm³/mol. The number of hydrogen-bond donors (Lipinski definition) is 0. The Morgan fingerprint density at radius 1 is 1.11 bits per heavy atom. The van der Waals surface area contributed by atoms with Crippen LogP contribution in [-0.2, 0) is 4.79 Å². The van der Waals surface area contributed by atoms with E-state index in [9.17, 15) is 9.59 Å². The van der Waals surface area contributed by atoms with Gasteiger partial charge in [0, 0.05) is 31.2 Å². The summed E-state index contributed by atoms with van der Waals surface area (Å²) in [6, 6.07) is 9.72. The Hall–Kier alpha value is -2.34. The van der Waals surface area contributed by atoms with Gasteiger partial charge in [-0.1, -0.05) is 29.5 Å². The fourth-order valence-electron chi connectivity index (χ4n) is 2.81. The minimum atomic E-state index is -0.198. The van der Waals surface area contributed by atoms with E-state index >= 15 is 0 Å². The van der Waals surface area contributed by atoms with Crippen molar-refractivity contribution in [2.45, 2.75) is 37.6 Å². The zero-order chi connectivity index (χ0) is 20.0. The van der Waals surface area contributed by atoms with Crippen LogP contribution in [0.4, 0.5) is 0 Å². The molecule has 0 aliphatic carbocycles. The number of carbonyl (C=O) groups is 2. The molecule has 2 amide bonds. The second-order valence-corrected chi connectivity index (χ2v) is 7.49. The SMILES string of the molecule is CCN(CC)C(=O)CN(C)C(=O)c1cccnc1Sc1ccc(C)cc1C. The molecule has 144 valence electrons. The highest BCUT2D eigenvalue weighted by Gasteiger charge is 2.21. The molecule has 0 aliphatic heterocycles. The number of rotatable bonds is 7. The summed E-state index contributed by atoms with van der Waals surface area (Å²) in [6.45, 7) is 9.30. The van der Waals surface area contributed by atoms with Crippen molar-refractivity contribution < 1.29 is 9.59 Å². The van der Waals surface area contributed by atoms with Gasteiger partial charge in [-0.15, -0.1) is 0 Å². The monoisotopic (exact) mass is 385 g/mol. The maximum atomic E-state index is 12.9. The molecule has 6 heteroatoms. The van der Waals surface area contributed by atoms with Gasteiger partial charge in [-0.2, -0.15) is 0 Å². The quantitative estimate of drug-likeness (QED) is 0.728. The maximum Gasteiger partial charge on any atom is 0.256 e. The van der Waals surface area contributed by atoms with Crippen LogP contribution in [0.25, 0.3) is 0 Å². The van der Waals surface area contributed by atoms with Gasteiger partial charge >= 0.3 is 0 Å². The summed E-state index contributed by atoms with van der Waals surface area (Å²) in [6.07, 6.45) is 1.68. The summed E-state index contributed by atoms with van der Waals surface area (Å²) in [5.74, 6) is -0.251. The molecule has 0 aliphatic rings. The number of likely N-dealkylation sites (N-methyl/N-ethyl adjacent to an activating group) is 2. The van der Waals surface area contributed by atoms with Crippen LogP contribution >= 0.6 is 11.8 Å². The van der Waals surface area contributed by atoms with Crippen molar-refractivity contribution in [3.63, 3.8) is 0 Å². The van der Waals surface area contributed by atoms with E-state index in [0.717, 1.165) is 10.5 Å². The van der Waals surface area contributed by atoms with Crippen molar-refractivity contribution in [3.05, 3.63) is 53.2 Å². The van der Waals surface area contributed by atoms with Gasteiger partial charge in [0.05, 0.1) is 12.1 Å². The molecule has 2 rings (SSSR count). The second kappa shape index (κ2) is 9.55. The molecule has 1 aromatic carbocycles. The highest BCUT2D eigenvalue weighted by Crippen LogP contribution is 2.31. The molecule has 0 spiro atoms. The number of nitrogens with zero attached hydrogens (tertiary/aromatic N) is 3. The molecule has 0 saturated heterocycles. The summed E-state index contributed by atoms with van der Waals surface area (Å²) >= 11 is 1.48. The number of amides is 2. The molecule has 5 nitrogen and oxygen atoms in total. The zero-order valence-electron chi connectivity index (χ0n) is 16.7. The Morgan fingerprint density at radius 3 is 2.44 bits per heavy atom. The van der Waals surface area contributed by atoms with E-state index in [1.165, 1.54) is 22.2 Å². The van der Waals surface area contributed by atoms with Crippen LogP contribution in [0.5, 0.6) is 0 Å². The lowest BCUT2D eigenvalue weighted by Gasteiger charge is -2.23. The number of aromatic nitrogens is 1. The topological polar surface area (TPSA) is 53.5 Å². The Balaban J connectivity index is 2.21. The summed E-state index contributed by atoms with van der Waals surface area (Å²) in [7, 11) is 1.66. The van der Waals surface area contributed by atoms with Crippen molar-refractivity contribution >= 4 is 23.6 Å². The minimum Gasteiger partial charge on any atom is -0.342 e. The molecular formula is C21H27N3O2S. The first-order valence-electron chi connectivity index (χ1n) is 9.10. The third-order valence-electron chi connectivity index (χ3n) is 4.37. The predicted octanol–water partition coefficient (Wildman–Crippen LogP) is 3.79. The minimum absolute atomic E-state index is 0.0525. The molecule has 0 fully saturated rings. The number of carbonyl (C=O) groups excluding carboxylic acids is 2. The fourth-order valence-corrected chi connectivity index (χ4v) is 3.75. The summed E-state index contributed by atoms with van der Waals surface area (Å²) < 4.78 is 0. The average molecular weight is 386 g/mol. The van der Waals surface area contributed by atoms with E-state index in [0.29, 0.717) is 23.7 Å². The van der Waals surface area contributed by atoms with Gasteiger partial charge in [0.15, 0.2) is 0 Å². The van der Waals surface area contributed by atoms with Gasteiger partial charge in [0.1, 0.15) is 5.03 Å². The largest absolute Gasteiger partial charge is 0.342 e. The maximum absolute atomic E-state index is 12.9. The standard InChI is InChI=1S/C21H27N3O2S/c1-6-24(7-2)19(25)14-23(5)21(26)17-9-8-12-22-20(17)27-18-11-10-15(3)13-16(18)4/h8-13H,6-7,14H2,1-5H3. The van der Waals surface area contributed by atoms with Crippen LogP contribution in [0.3, 0.4) is 0 Å². The van der Waals surface area contributed by atoms with Crippen LogP contribution in [0, 0.1) is 13.8 Å². The van der Waals surface area contributed by atoms with Crippen molar-refractivity contribution in [3.8, 4) is 0 Å². The first kappa shape index (κ1) is 21.0. The Morgan fingerprint density at radius 2 is 1.81 bits per heavy atom. The zero-order valence-corrected chi connectivity index (χ0v) is 17.5. The van der Waals surface area contributed by atoms with Gasteiger partial charge in [-0.25, -0.2) is 4.98 Å². The highest BCUT2D eigenvalue weighted by atomic mass is 32.2. The summed E-state index contributed by atoms with van der Waals surface area (Å²) in [5.41, 5.74) is 2.86. The Bertz CT molecular complexity index is 819. The fraction of sp³-hybridized carbons (Fsp3) is 0.381. The second-order valence-electron chi connectivity index (χ2n) is 6.45. The van der Waals surface area contributed by atoms with Gasteiger partial charge in [-0.3, -0.25) is 9.59 Å². The van der Waals surface area contributed by atoms with E-state index < -0.39 is 0 Å². The first-order chi connectivity index (χ1) is 12.9. The third-order valence-corrected chi connectivity index (χ3v) is 5.57. The van der Waals surface area contributed by atoms with E-state index in [2.05, 4.69) is 31.0 Å². The van der Waals surface area contributed by atoms with E-state index in [4.69, 9.17) is 0 Å². The lowest BCUT2D eigenvalue weighted by Crippen LogP contribution is -2.41. The van der Waals surface area contributed by atoms with E-state index in [-0.39, 0.29) is 18.4 Å². The molecule has 0 radical (unpaired) electrons. The lowest BCUT2D eigenvalue weighted by atomic mass is 10.2. The summed E-state index contributed by atoms with van der Waals surface area (Å²) in [5, 5.41) is 0.650. The van der Waals surface area contributed by atoms with E-state index in [1.807, 2.05) is 19.9 Å². The van der Waals surface area contributed by atoms with Crippen molar-refractivity contribution in [1.82, 2.24) is 14.8 Å². The van der Waals surface area contributed by atoms with E-state index in [1.54, 1.807) is 30.3 Å². The molecule has 1 heterocycles. The van der Waals surface area contributed by atoms with Crippen LogP contribution in [0.15, 0.2) is 46.5 Å². The molecule has 27 heavy (non-hydrogen) atoms. The Labute approximate surface area is 165 Å². The third kappa shape index (κ3) is 5.32.